The van der Waals surface area contributed by atoms with Crippen molar-refractivity contribution in [2.75, 3.05) is 51.8 Å². The maximum absolute atomic E-state index is 5.36. The summed E-state index contributed by atoms with van der Waals surface area (Å²) in [7, 11) is 3.84. The molecule has 7 heteroatoms. The van der Waals surface area contributed by atoms with Crippen LogP contribution in [0.5, 0.6) is 0 Å². The van der Waals surface area contributed by atoms with Crippen LogP contribution in [0.1, 0.15) is 5.76 Å². The van der Waals surface area contributed by atoms with Gasteiger partial charge in [-0.1, -0.05) is 0 Å². The molecule has 0 spiro atoms. The van der Waals surface area contributed by atoms with Gasteiger partial charge in [-0.25, -0.2) is 0 Å². The Hall–Kier alpha value is -0.410. The summed E-state index contributed by atoms with van der Waals surface area (Å²) in [6.45, 7) is 5.14. The Morgan fingerprint density at radius 2 is 2.24 bits per heavy atom. The molecule has 0 aromatic carbocycles. The van der Waals surface area contributed by atoms with E-state index in [1.54, 1.807) is 6.26 Å². The Bertz CT molecular complexity index is 407. The minimum absolute atomic E-state index is 0. The van der Waals surface area contributed by atoms with E-state index in [0.717, 1.165) is 31.4 Å². The van der Waals surface area contributed by atoms with Crippen molar-refractivity contribution in [2.45, 2.75) is 6.54 Å². The Labute approximate surface area is 148 Å². The summed E-state index contributed by atoms with van der Waals surface area (Å²) in [5.41, 5.74) is 0. The van der Waals surface area contributed by atoms with E-state index in [4.69, 9.17) is 4.42 Å². The molecule has 0 amide bonds. The molecule has 1 aromatic heterocycles. The fourth-order valence-electron chi connectivity index (χ4n) is 2.25. The van der Waals surface area contributed by atoms with Gasteiger partial charge in [-0.05, 0) is 12.1 Å². The molecule has 0 saturated carbocycles. The summed E-state index contributed by atoms with van der Waals surface area (Å²) in [6.07, 6.45) is 1.70. The van der Waals surface area contributed by atoms with Gasteiger partial charge in [-0.3, -0.25) is 9.89 Å². The van der Waals surface area contributed by atoms with Gasteiger partial charge in [0.25, 0.3) is 0 Å². The van der Waals surface area contributed by atoms with E-state index < -0.39 is 0 Å². The fraction of sp³-hybridized carbons (Fsp3) is 0.643. The lowest BCUT2D eigenvalue weighted by Crippen LogP contribution is -2.43. The van der Waals surface area contributed by atoms with Crippen LogP contribution in [-0.2, 0) is 6.54 Å². The van der Waals surface area contributed by atoms with E-state index in [1.807, 2.05) is 38.0 Å². The number of furan rings is 1. The van der Waals surface area contributed by atoms with E-state index in [1.165, 1.54) is 24.6 Å². The van der Waals surface area contributed by atoms with Crippen molar-refractivity contribution in [1.82, 2.24) is 15.1 Å². The van der Waals surface area contributed by atoms with Crippen LogP contribution >= 0.6 is 35.7 Å². The number of nitrogens with one attached hydrogen (secondary N) is 1. The van der Waals surface area contributed by atoms with E-state index in [0.29, 0.717) is 0 Å². The zero-order valence-electron chi connectivity index (χ0n) is 12.7. The average molecular weight is 424 g/mol. The van der Waals surface area contributed by atoms with Gasteiger partial charge in [-0.15, -0.1) is 24.0 Å². The minimum Gasteiger partial charge on any atom is -0.467 e. The molecule has 1 saturated heterocycles. The summed E-state index contributed by atoms with van der Waals surface area (Å²) >= 11 is 2.05. The SMILES string of the molecule is CN=C(NCCN1CCSCC1)N(C)Cc1ccco1.I. The highest BCUT2D eigenvalue weighted by Gasteiger charge is 2.11. The largest absolute Gasteiger partial charge is 0.467 e. The van der Waals surface area contributed by atoms with Crippen LogP contribution in [0, 0.1) is 0 Å². The Morgan fingerprint density at radius 3 is 2.86 bits per heavy atom. The molecule has 1 N–H and O–H groups in total. The molecule has 5 nitrogen and oxygen atoms in total. The van der Waals surface area contributed by atoms with E-state index in [2.05, 4.69) is 20.1 Å². The number of rotatable bonds is 5. The average Bonchev–Trinajstić information content (AvgIpc) is 2.97. The molecule has 0 radical (unpaired) electrons. The predicted octanol–water partition coefficient (Wildman–Crippen LogP) is 1.95. The first-order valence-electron chi connectivity index (χ1n) is 7.04. The molecule has 21 heavy (non-hydrogen) atoms. The molecule has 0 aliphatic carbocycles. The first-order valence-corrected chi connectivity index (χ1v) is 8.19. The molecular weight excluding hydrogens is 399 g/mol. The van der Waals surface area contributed by atoms with Crippen molar-refractivity contribution in [1.29, 1.82) is 0 Å². The lowest BCUT2D eigenvalue weighted by atomic mass is 10.4. The van der Waals surface area contributed by atoms with Gasteiger partial charge >= 0.3 is 0 Å². The maximum Gasteiger partial charge on any atom is 0.193 e. The molecule has 1 fully saturated rings. The summed E-state index contributed by atoms with van der Waals surface area (Å²) in [5, 5.41) is 3.41. The standard InChI is InChI=1S/C14H24N4OS.HI/c1-15-14(17(2)12-13-4-3-9-19-13)16-5-6-18-7-10-20-11-8-18;/h3-4,9H,5-8,10-12H2,1-2H3,(H,15,16);1H. The highest BCUT2D eigenvalue weighted by atomic mass is 127. The van der Waals surface area contributed by atoms with E-state index >= 15 is 0 Å². The first-order chi connectivity index (χ1) is 9.79. The van der Waals surface area contributed by atoms with Crippen molar-refractivity contribution in [3.63, 3.8) is 0 Å². The van der Waals surface area contributed by atoms with Gasteiger partial charge in [0.2, 0.25) is 0 Å². The van der Waals surface area contributed by atoms with Crippen molar-refractivity contribution in [3.05, 3.63) is 24.2 Å². The third-order valence-corrected chi connectivity index (χ3v) is 4.30. The fourth-order valence-corrected chi connectivity index (χ4v) is 3.23. The third kappa shape index (κ3) is 6.48. The third-order valence-electron chi connectivity index (χ3n) is 3.36. The monoisotopic (exact) mass is 424 g/mol. The Balaban J connectivity index is 0.00000220. The van der Waals surface area contributed by atoms with E-state index in [-0.39, 0.29) is 24.0 Å². The molecule has 1 aliphatic rings. The summed E-state index contributed by atoms with van der Waals surface area (Å²) < 4.78 is 5.36. The van der Waals surface area contributed by atoms with Crippen LogP contribution in [-0.4, -0.2) is 67.5 Å². The number of hydrogen-bond acceptors (Lipinski definition) is 4. The van der Waals surface area contributed by atoms with E-state index in [9.17, 15) is 0 Å². The van der Waals surface area contributed by atoms with Crippen molar-refractivity contribution >= 4 is 41.7 Å². The lowest BCUT2D eigenvalue weighted by Gasteiger charge is -2.27. The van der Waals surface area contributed by atoms with Gasteiger partial charge in [0.1, 0.15) is 5.76 Å². The van der Waals surface area contributed by atoms with Crippen LogP contribution in [0.2, 0.25) is 0 Å². The number of guanidine groups is 1. The van der Waals surface area contributed by atoms with Gasteiger partial charge in [-0.2, -0.15) is 11.8 Å². The second-order valence-corrected chi connectivity index (χ2v) is 6.09. The molecule has 1 aliphatic heterocycles. The number of thioether (sulfide) groups is 1. The summed E-state index contributed by atoms with van der Waals surface area (Å²) in [5.74, 6) is 4.37. The van der Waals surface area contributed by atoms with Gasteiger partial charge < -0.3 is 14.6 Å². The van der Waals surface area contributed by atoms with Crippen molar-refractivity contribution in [2.24, 2.45) is 4.99 Å². The zero-order valence-corrected chi connectivity index (χ0v) is 15.9. The molecule has 0 atom stereocenters. The van der Waals surface area contributed by atoms with Crippen LogP contribution < -0.4 is 5.32 Å². The van der Waals surface area contributed by atoms with Gasteiger partial charge in [0, 0.05) is 51.8 Å². The first kappa shape index (κ1) is 18.6. The normalized spacial score (nSPS) is 16.4. The molecule has 2 rings (SSSR count). The Morgan fingerprint density at radius 1 is 1.48 bits per heavy atom. The molecule has 0 unspecified atom stereocenters. The predicted molar refractivity (Wildman–Crippen MR) is 101 cm³/mol. The second kappa shape index (κ2) is 10.3. The maximum atomic E-state index is 5.36. The second-order valence-electron chi connectivity index (χ2n) is 4.86. The number of halogens is 1. The highest BCUT2D eigenvalue weighted by molar-refractivity contribution is 14.0. The topological polar surface area (TPSA) is 44.0 Å². The summed E-state index contributed by atoms with van der Waals surface area (Å²) in [6, 6.07) is 3.89. The smallest absolute Gasteiger partial charge is 0.193 e. The molecule has 120 valence electrons. The molecule has 1 aromatic rings. The van der Waals surface area contributed by atoms with Crippen LogP contribution in [0.4, 0.5) is 0 Å². The lowest BCUT2D eigenvalue weighted by molar-refractivity contribution is 0.304. The van der Waals surface area contributed by atoms with Crippen LogP contribution in [0.3, 0.4) is 0 Å². The van der Waals surface area contributed by atoms with Crippen molar-refractivity contribution in [3.8, 4) is 0 Å². The zero-order chi connectivity index (χ0) is 14.2. The van der Waals surface area contributed by atoms with Crippen LogP contribution in [0.15, 0.2) is 27.8 Å². The molecule has 2 heterocycles. The number of hydrogen-bond donors (Lipinski definition) is 1. The molecular formula is C14H25IN4OS. The van der Waals surface area contributed by atoms with Gasteiger partial charge in [0.05, 0.1) is 12.8 Å². The van der Waals surface area contributed by atoms with Gasteiger partial charge in [0.15, 0.2) is 5.96 Å². The van der Waals surface area contributed by atoms with Crippen molar-refractivity contribution < 1.29 is 4.42 Å². The Kier molecular flexibility index (Phi) is 9.18. The summed E-state index contributed by atoms with van der Waals surface area (Å²) in [4.78, 5) is 8.90. The number of nitrogens with zero attached hydrogens (tertiary/aromatic N) is 3. The number of aliphatic imine (C=N–C) groups is 1. The van der Waals surface area contributed by atoms with Crippen LogP contribution in [0.25, 0.3) is 0 Å². The highest BCUT2D eigenvalue weighted by Crippen LogP contribution is 2.08. The molecule has 0 bridgehead atoms. The quantitative estimate of drug-likeness (QED) is 0.445. The minimum atomic E-state index is 0.